The summed E-state index contributed by atoms with van der Waals surface area (Å²) in [4.78, 5) is 15.3. The number of carbonyl (C=O) groups is 1. The summed E-state index contributed by atoms with van der Waals surface area (Å²) in [6, 6.07) is 34.4. The van der Waals surface area contributed by atoms with E-state index in [9.17, 15) is 13.2 Å². The fraction of sp³-hybridized carbons (Fsp3) is 0.0741. The Hall–Kier alpha value is -3.90. The third-order valence-electron chi connectivity index (χ3n) is 5.16. The molecule has 6 heteroatoms. The van der Waals surface area contributed by atoms with Crippen LogP contribution in [0.5, 0.6) is 0 Å². The zero-order valence-electron chi connectivity index (χ0n) is 18.0. The molecule has 5 nitrogen and oxygen atoms in total. The van der Waals surface area contributed by atoms with E-state index < -0.39 is 10.0 Å². The van der Waals surface area contributed by atoms with Crippen LogP contribution in [0.3, 0.4) is 0 Å². The number of rotatable bonds is 8. The lowest BCUT2D eigenvalue weighted by Gasteiger charge is -2.23. The van der Waals surface area contributed by atoms with Crippen molar-refractivity contribution in [3.63, 3.8) is 0 Å². The van der Waals surface area contributed by atoms with Crippen LogP contribution in [0.4, 0.5) is 5.69 Å². The van der Waals surface area contributed by atoms with Crippen LogP contribution in [0.15, 0.2) is 120 Å². The van der Waals surface area contributed by atoms with Crippen molar-refractivity contribution in [2.24, 2.45) is 0 Å². The largest absolute Gasteiger partial charge is 0.330 e. The van der Waals surface area contributed by atoms with Gasteiger partial charge >= 0.3 is 0 Å². The molecule has 0 atom stereocenters. The van der Waals surface area contributed by atoms with Crippen molar-refractivity contribution in [2.75, 3.05) is 4.72 Å². The van der Waals surface area contributed by atoms with Crippen molar-refractivity contribution < 1.29 is 13.2 Å². The second-order valence-electron chi connectivity index (χ2n) is 7.63. The number of sulfonamides is 1. The molecular formula is C27H24N2O3S. The molecule has 4 aromatic carbocycles. The van der Waals surface area contributed by atoms with Crippen LogP contribution in [0.25, 0.3) is 0 Å². The number of anilines is 1. The van der Waals surface area contributed by atoms with Gasteiger partial charge in [-0.3, -0.25) is 9.52 Å². The van der Waals surface area contributed by atoms with E-state index in [0.717, 1.165) is 11.1 Å². The fourth-order valence-corrected chi connectivity index (χ4v) is 4.56. The van der Waals surface area contributed by atoms with Gasteiger partial charge in [0.15, 0.2) is 0 Å². The highest BCUT2D eigenvalue weighted by molar-refractivity contribution is 7.92. The number of carbonyl (C=O) groups excluding carboxylic acids is 1. The smallest absolute Gasteiger partial charge is 0.261 e. The molecule has 33 heavy (non-hydrogen) atoms. The fourth-order valence-electron chi connectivity index (χ4n) is 3.48. The van der Waals surface area contributed by atoms with Gasteiger partial charge in [-0.25, -0.2) is 8.42 Å². The summed E-state index contributed by atoms with van der Waals surface area (Å²) in [5.41, 5.74) is 2.96. The van der Waals surface area contributed by atoms with Crippen molar-refractivity contribution in [3.8, 4) is 0 Å². The molecule has 0 aliphatic carbocycles. The van der Waals surface area contributed by atoms with Crippen LogP contribution in [0, 0.1) is 0 Å². The lowest BCUT2D eigenvalue weighted by Crippen LogP contribution is -2.30. The summed E-state index contributed by atoms with van der Waals surface area (Å²) in [7, 11) is -3.69. The molecule has 0 heterocycles. The molecule has 4 rings (SSSR count). The van der Waals surface area contributed by atoms with Crippen molar-refractivity contribution >= 4 is 21.6 Å². The average molecular weight is 457 g/mol. The molecule has 0 saturated carbocycles. The molecule has 0 aromatic heterocycles. The Kier molecular flexibility index (Phi) is 6.86. The molecule has 0 fully saturated rings. The van der Waals surface area contributed by atoms with Crippen LogP contribution < -0.4 is 4.72 Å². The van der Waals surface area contributed by atoms with Gasteiger partial charge in [-0.05, 0) is 47.5 Å². The first-order chi connectivity index (χ1) is 16.0. The van der Waals surface area contributed by atoms with E-state index in [-0.39, 0.29) is 10.8 Å². The summed E-state index contributed by atoms with van der Waals surface area (Å²) in [5, 5.41) is 0. The highest BCUT2D eigenvalue weighted by Gasteiger charge is 2.18. The number of nitrogens with one attached hydrogen (secondary N) is 1. The molecule has 4 aromatic rings. The first-order valence-electron chi connectivity index (χ1n) is 10.6. The highest BCUT2D eigenvalue weighted by atomic mass is 32.2. The Morgan fingerprint density at radius 2 is 1.09 bits per heavy atom. The van der Waals surface area contributed by atoms with Crippen LogP contribution in [0.2, 0.25) is 0 Å². The van der Waals surface area contributed by atoms with Gasteiger partial charge < -0.3 is 4.90 Å². The van der Waals surface area contributed by atoms with Gasteiger partial charge in [0.1, 0.15) is 0 Å². The Morgan fingerprint density at radius 3 is 1.58 bits per heavy atom. The van der Waals surface area contributed by atoms with Gasteiger partial charge in [-0.1, -0.05) is 78.9 Å². The Balaban J connectivity index is 1.53. The van der Waals surface area contributed by atoms with Gasteiger partial charge in [0.2, 0.25) is 0 Å². The minimum atomic E-state index is -3.69. The standard InChI is InChI=1S/C27H24N2O3S/c30-27(29(20-22-10-4-1-5-11-22)21-23-12-6-2-7-13-23)24-16-18-25(19-17-24)28-33(31,32)26-14-8-3-9-15-26/h1-19,28H,20-21H2. The third kappa shape index (κ3) is 5.87. The Bertz CT molecular complexity index is 1250. The van der Waals surface area contributed by atoms with Crippen molar-refractivity contribution in [1.82, 2.24) is 4.90 Å². The zero-order chi connectivity index (χ0) is 23.1. The average Bonchev–Trinajstić information content (AvgIpc) is 2.85. The van der Waals surface area contributed by atoms with E-state index >= 15 is 0 Å². The highest BCUT2D eigenvalue weighted by Crippen LogP contribution is 2.19. The number of amides is 1. The van der Waals surface area contributed by atoms with E-state index in [1.807, 2.05) is 60.7 Å². The third-order valence-corrected chi connectivity index (χ3v) is 6.55. The van der Waals surface area contributed by atoms with Crippen LogP contribution in [0.1, 0.15) is 21.5 Å². The van der Waals surface area contributed by atoms with Crippen LogP contribution in [-0.2, 0) is 23.1 Å². The summed E-state index contributed by atoms with van der Waals surface area (Å²) in [5.74, 6) is -0.125. The van der Waals surface area contributed by atoms with Gasteiger partial charge in [0, 0.05) is 24.3 Å². The van der Waals surface area contributed by atoms with Gasteiger partial charge in [0.25, 0.3) is 15.9 Å². The van der Waals surface area contributed by atoms with Gasteiger partial charge in [0.05, 0.1) is 4.90 Å². The summed E-state index contributed by atoms with van der Waals surface area (Å²) < 4.78 is 27.7. The summed E-state index contributed by atoms with van der Waals surface area (Å²) >= 11 is 0. The Labute approximate surface area is 194 Å². The molecule has 166 valence electrons. The number of hydrogen-bond acceptors (Lipinski definition) is 3. The normalized spacial score (nSPS) is 11.0. The number of benzene rings is 4. The second-order valence-corrected chi connectivity index (χ2v) is 9.31. The molecule has 0 saturated heterocycles. The monoisotopic (exact) mass is 456 g/mol. The van der Waals surface area contributed by atoms with Crippen molar-refractivity contribution in [2.45, 2.75) is 18.0 Å². The predicted molar refractivity (Wildman–Crippen MR) is 130 cm³/mol. The molecular weight excluding hydrogens is 432 g/mol. The Morgan fingerprint density at radius 1 is 0.636 bits per heavy atom. The molecule has 0 aliphatic rings. The quantitative estimate of drug-likeness (QED) is 0.390. The molecule has 0 spiro atoms. The lowest BCUT2D eigenvalue weighted by atomic mass is 10.1. The molecule has 0 radical (unpaired) electrons. The minimum absolute atomic E-state index is 0.125. The SMILES string of the molecule is O=C(c1ccc(NS(=O)(=O)c2ccccc2)cc1)N(Cc1ccccc1)Cc1ccccc1. The van der Waals surface area contributed by atoms with Crippen LogP contribution in [-0.4, -0.2) is 19.2 Å². The lowest BCUT2D eigenvalue weighted by molar-refractivity contribution is 0.0730. The maximum atomic E-state index is 13.4. The van der Waals surface area contributed by atoms with E-state index in [0.29, 0.717) is 24.3 Å². The predicted octanol–water partition coefficient (Wildman–Crippen LogP) is 5.33. The van der Waals surface area contributed by atoms with E-state index in [1.54, 1.807) is 47.4 Å². The van der Waals surface area contributed by atoms with E-state index in [2.05, 4.69) is 4.72 Å². The van der Waals surface area contributed by atoms with Crippen molar-refractivity contribution in [1.29, 1.82) is 0 Å². The molecule has 0 aliphatic heterocycles. The second kappa shape index (κ2) is 10.1. The van der Waals surface area contributed by atoms with Crippen LogP contribution >= 0.6 is 0 Å². The number of nitrogens with zero attached hydrogens (tertiary/aromatic N) is 1. The summed E-state index contributed by atoms with van der Waals surface area (Å²) in [6.07, 6.45) is 0. The first kappa shape index (κ1) is 22.3. The minimum Gasteiger partial charge on any atom is -0.330 e. The van der Waals surface area contributed by atoms with Gasteiger partial charge in [-0.2, -0.15) is 0 Å². The molecule has 1 amide bonds. The maximum Gasteiger partial charge on any atom is 0.261 e. The van der Waals surface area contributed by atoms with Crippen molar-refractivity contribution in [3.05, 3.63) is 132 Å². The maximum absolute atomic E-state index is 13.4. The zero-order valence-corrected chi connectivity index (χ0v) is 18.8. The van der Waals surface area contributed by atoms with E-state index in [1.165, 1.54) is 12.1 Å². The first-order valence-corrected chi connectivity index (χ1v) is 12.0. The topological polar surface area (TPSA) is 66.5 Å². The molecule has 1 N–H and O–H groups in total. The summed E-state index contributed by atoms with van der Waals surface area (Å²) in [6.45, 7) is 0.938. The van der Waals surface area contributed by atoms with Gasteiger partial charge in [-0.15, -0.1) is 0 Å². The number of hydrogen-bond donors (Lipinski definition) is 1. The van der Waals surface area contributed by atoms with E-state index in [4.69, 9.17) is 0 Å². The molecule has 0 unspecified atom stereocenters. The molecule has 0 bridgehead atoms.